The number of benzene rings is 2. The Labute approximate surface area is 150 Å². The first-order chi connectivity index (χ1) is 11.1. The van der Waals surface area contributed by atoms with Crippen molar-refractivity contribution < 1.29 is 13.2 Å². The normalized spacial score (nSPS) is 11.2. The summed E-state index contributed by atoms with van der Waals surface area (Å²) in [5, 5.41) is 0. The summed E-state index contributed by atoms with van der Waals surface area (Å²) in [7, 11) is -0.471. The molecule has 0 aliphatic rings. The third-order valence-corrected chi connectivity index (χ3v) is 5.85. The second kappa shape index (κ2) is 6.94. The van der Waals surface area contributed by atoms with Crippen LogP contribution in [-0.2, 0) is 10.0 Å². The van der Waals surface area contributed by atoms with Gasteiger partial charge in [0.1, 0.15) is 4.90 Å². The third kappa shape index (κ3) is 3.96. The van der Waals surface area contributed by atoms with Crippen LogP contribution < -0.4 is 4.72 Å². The van der Waals surface area contributed by atoms with E-state index in [-0.39, 0.29) is 10.8 Å². The molecule has 0 atom stereocenters. The van der Waals surface area contributed by atoms with Crippen molar-refractivity contribution in [1.82, 2.24) is 4.90 Å². The maximum atomic E-state index is 12.7. The molecule has 1 N–H and O–H groups in total. The summed E-state index contributed by atoms with van der Waals surface area (Å²) in [4.78, 5) is 13.7. The zero-order valence-corrected chi connectivity index (χ0v) is 16.3. The summed E-state index contributed by atoms with van der Waals surface area (Å²) >= 11 is 3.29. The highest BCUT2D eigenvalue weighted by atomic mass is 79.9. The standard InChI is InChI=1S/C17H19BrN2O3S/c1-11-5-8-16(14(18)9-11)24(22,23)19-15-10-13(7-6-12(15)2)17(21)20(3)4/h5-10,19H,1-4H3. The summed E-state index contributed by atoms with van der Waals surface area (Å²) in [6, 6.07) is 9.98. The van der Waals surface area contributed by atoms with Gasteiger partial charge in [-0.3, -0.25) is 9.52 Å². The molecule has 128 valence electrons. The van der Waals surface area contributed by atoms with Crippen LogP contribution in [0.5, 0.6) is 0 Å². The molecule has 0 saturated carbocycles. The molecule has 0 aliphatic carbocycles. The summed E-state index contributed by atoms with van der Waals surface area (Å²) < 4.78 is 28.4. The fourth-order valence-corrected chi connectivity index (χ4v) is 4.46. The van der Waals surface area contributed by atoms with Gasteiger partial charge in [0.25, 0.3) is 15.9 Å². The topological polar surface area (TPSA) is 66.5 Å². The van der Waals surface area contributed by atoms with Crippen LogP contribution in [-0.4, -0.2) is 33.3 Å². The second-order valence-corrected chi connectivity index (χ2v) is 8.27. The van der Waals surface area contributed by atoms with E-state index in [1.165, 1.54) is 4.90 Å². The molecule has 0 bridgehead atoms. The smallest absolute Gasteiger partial charge is 0.263 e. The summed E-state index contributed by atoms with van der Waals surface area (Å²) in [5.74, 6) is -0.188. The highest BCUT2D eigenvalue weighted by Gasteiger charge is 2.19. The van der Waals surface area contributed by atoms with Crippen molar-refractivity contribution in [2.75, 3.05) is 18.8 Å². The summed E-state index contributed by atoms with van der Waals surface area (Å²) in [5.41, 5.74) is 2.49. The predicted octanol–water partition coefficient (Wildman–Crippen LogP) is 3.57. The van der Waals surface area contributed by atoms with Gasteiger partial charge in [0.2, 0.25) is 0 Å². The Kier molecular flexibility index (Phi) is 5.35. The Morgan fingerprint density at radius 3 is 2.33 bits per heavy atom. The first kappa shape index (κ1) is 18.5. The first-order valence-electron chi connectivity index (χ1n) is 7.23. The van der Waals surface area contributed by atoms with Gasteiger partial charge in [-0.1, -0.05) is 12.1 Å². The number of hydrogen-bond donors (Lipinski definition) is 1. The fourth-order valence-electron chi connectivity index (χ4n) is 2.15. The molecule has 2 aromatic carbocycles. The van der Waals surface area contributed by atoms with Gasteiger partial charge in [-0.15, -0.1) is 0 Å². The molecule has 0 aliphatic heterocycles. The number of aryl methyl sites for hydroxylation is 2. The highest BCUT2D eigenvalue weighted by Crippen LogP contribution is 2.27. The van der Waals surface area contributed by atoms with E-state index in [1.54, 1.807) is 57.4 Å². The minimum Gasteiger partial charge on any atom is -0.345 e. The molecule has 2 rings (SSSR count). The van der Waals surface area contributed by atoms with Crippen molar-refractivity contribution in [2.24, 2.45) is 0 Å². The van der Waals surface area contributed by atoms with E-state index < -0.39 is 10.0 Å². The largest absolute Gasteiger partial charge is 0.345 e. The number of carbonyl (C=O) groups excluding carboxylic acids is 1. The van der Waals surface area contributed by atoms with Gasteiger partial charge >= 0.3 is 0 Å². The number of halogens is 1. The Balaban J connectivity index is 2.42. The number of amides is 1. The number of anilines is 1. The van der Waals surface area contributed by atoms with Crippen molar-refractivity contribution in [3.05, 3.63) is 57.6 Å². The lowest BCUT2D eigenvalue weighted by Crippen LogP contribution is -2.22. The van der Waals surface area contributed by atoms with Crippen LogP contribution in [0, 0.1) is 13.8 Å². The number of carbonyl (C=O) groups is 1. The maximum absolute atomic E-state index is 12.7. The second-order valence-electron chi connectivity index (χ2n) is 5.77. The molecule has 0 aromatic heterocycles. The summed E-state index contributed by atoms with van der Waals surface area (Å²) in [6.45, 7) is 3.67. The molecule has 5 nitrogen and oxygen atoms in total. The van der Waals surface area contributed by atoms with Crippen LogP contribution in [0.4, 0.5) is 5.69 Å². The Bertz CT molecular complexity index is 893. The number of rotatable bonds is 4. The van der Waals surface area contributed by atoms with Gasteiger partial charge in [-0.25, -0.2) is 8.42 Å². The first-order valence-corrected chi connectivity index (χ1v) is 9.50. The van der Waals surface area contributed by atoms with Crippen LogP contribution in [0.1, 0.15) is 21.5 Å². The average molecular weight is 411 g/mol. The van der Waals surface area contributed by atoms with Crippen LogP contribution in [0.2, 0.25) is 0 Å². The van der Waals surface area contributed by atoms with Crippen molar-refractivity contribution in [2.45, 2.75) is 18.7 Å². The zero-order valence-electron chi connectivity index (χ0n) is 13.9. The van der Waals surface area contributed by atoms with Crippen LogP contribution in [0.15, 0.2) is 45.8 Å². The van der Waals surface area contributed by atoms with E-state index in [0.29, 0.717) is 15.7 Å². The van der Waals surface area contributed by atoms with Gasteiger partial charge in [-0.05, 0) is 65.2 Å². The minimum atomic E-state index is -3.77. The molecule has 0 heterocycles. The van der Waals surface area contributed by atoms with E-state index >= 15 is 0 Å². The van der Waals surface area contributed by atoms with Crippen molar-refractivity contribution >= 4 is 37.5 Å². The summed E-state index contributed by atoms with van der Waals surface area (Å²) in [6.07, 6.45) is 0. The van der Waals surface area contributed by atoms with E-state index in [9.17, 15) is 13.2 Å². The van der Waals surface area contributed by atoms with Gasteiger partial charge in [0.15, 0.2) is 0 Å². The predicted molar refractivity (Wildman–Crippen MR) is 98.9 cm³/mol. The van der Waals surface area contributed by atoms with E-state index in [1.807, 2.05) is 6.92 Å². The minimum absolute atomic E-state index is 0.150. The fraction of sp³-hybridized carbons (Fsp3) is 0.235. The van der Waals surface area contributed by atoms with Gasteiger partial charge in [-0.2, -0.15) is 0 Å². The van der Waals surface area contributed by atoms with E-state index in [0.717, 1.165) is 11.1 Å². The zero-order chi connectivity index (χ0) is 18.1. The number of sulfonamides is 1. The third-order valence-electron chi connectivity index (χ3n) is 3.51. The SMILES string of the molecule is Cc1ccc(S(=O)(=O)Nc2cc(C(=O)N(C)C)ccc2C)c(Br)c1. The van der Waals surface area contributed by atoms with Gasteiger partial charge in [0.05, 0.1) is 5.69 Å². The highest BCUT2D eigenvalue weighted by molar-refractivity contribution is 9.10. The molecule has 2 aromatic rings. The average Bonchev–Trinajstić information content (AvgIpc) is 2.48. The Morgan fingerprint density at radius 1 is 1.08 bits per heavy atom. The van der Waals surface area contributed by atoms with Crippen LogP contribution >= 0.6 is 15.9 Å². The van der Waals surface area contributed by atoms with E-state index in [4.69, 9.17) is 0 Å². The Morgan fingerprint density at radius 2 is 1.75 bits per heavy atom. The van der Waals surface area contributed by atoms with Crippen molar-refractivity contribution in [1.29, 1.82) is 0 Å². The molecule has 0 saturated heterocycles. The van der Waals surface area contributed by atoms with Crippen LogP contribution in [0.25, 0.3) is 0 Å². The Hall–Kier alpha value is -1.86. The van der Waals surface area contributed by atoms with Gasteiger partial charge < -0.3 is 4.90 Å². The molecule has 24 heavy (non-hydrogen) atoms. The molecule has 1 amide bonds. The van der Waals surface area contributed by atoms with Crippen molar-refractivity contribution in [3.8, 4) is 0 Å². The lowest BCUT2D eigenvalue weighted by Gasteiger charge is -2.15. The lowest BCUT2D eigenvalue weighted by molar-refractivity contribution is 0.0827. The molecule has 7 heteroatoms. The van der Waals surface area contributed by atoms with Crippen LogP contribution in [0.3, 0.4) is 0 Å². The monoisotopic (exact) mass is 410 g/mol. The molecular formula is C17H19BrN2O3S. The molecule has 0 fully saturated rings. The molecule has 0 unspecified atom stereocenters. The lowest BCUT2D eigenvalue weighted by atomic mass is 10.1. The van der Waals surface area contributed by atoms with E-state index in [2.05, 4.69) is 20.7 Å². The maximum Gasteiger partial charge on any atom is 0.263 e. The molecular weight excluding hydrogens is 392 g/mol. The van der Waals surface area contributed by atoms with Crippen molar-refractivity contribution in [3.63, 3.8) is 0 Å². The van der Waals surface area contributed by atoms with Gasteiger partial charge in [0, 0.05) is 24.1 Å². The molecule has 0 radical (unpaired) electrons. The number of hydrogen-bond acceptors (Lipinski definition) is 3. The quantitative estimate of drug-likeness (QED) is 0.837. The number of nitrogens with zero attached hydrogens (tertiary/aromatic N) is 1. The number of nitrogens with one attached hydrogen (secondary N) is 1. The molecule has 0 spiro atoms.